The molecule has 0 N–H and O–H groups in total. The minimum absolute atomic E-state index is 0.0444. The van der Waals surface area contributed by atoms with Gasteiger partial charge in [-0.2, -0.15) is 5.10 Å². The molecule has 0 radical (unpaired) electrons. The molecule has 0 aliphatic carbocycles. The van der Waals surface area contributed by atoms with Crippen LogP contribution in [-0.2, 0) is 17.1 Å². The molecule has 3 heterocycles. The van der Waals surface area contributed by atoms with Gasteiger partial charge < -0.3 is 4.90 Å². The van der Waals surface area contributed by atoms with Gasteiger partial charge in [0.2, 0.25) is 10.0 Å². The Labute approximate surface area is 153 Å². The molecule has 1 saturated heterocycles. The average Bonchev–Trinajstić information content (AvgIpc) is 2.86. The molecule has 2 aromatic heterocycles. The Bertz CT molecular complexity index is 958. The zero-order valence-corrected chi connectivity index (χ0v) is 16.7. The van der Waals surface area contributed by atoms with E-state index in [1.807, 2.05) is 27.0 Å². The number of nitrogens with zero attached hydrogens (tertiary/aromatic N) is 5. The van der Waals surface area contributed by atoms with E-state index in [-0.39, 0.29) is 11.9 Å². The molecule has 0 aromatic carbocycles. The molecule has 1 aliphatic heterocycles. The van der Waals surface area contributed by atoms with Crippen LogP contribution in [0.5, 0.6) is 0 Å². The Morgan fingerprint density at radius 1 is 1.27 bits per heavy atom. The lowest BCUT2D eigenvalue weighted by Crippen LogP contribution is -2.47. The van der Waals surface area contributed by atoms with Crippen LogP contribution in [0.15, 0.2) is 6.07 Å². The van der Waals surface area contributed by atoms with Gasteiger partial charge in [0.05, 0.1) is 22.9 Å². The number of fused-ring (bicyclic) bond motifs is 1. The molecule has 0 atom stereocenters. The highest BCUT2D eigenvalue weighted by molar-refractivity contribution is 7.88. The van der Waals surface area contributed by atoms with Crippen LogP contribution in [0.4, 0.5) is 0 Å². The normalized spacial score (nSPS) is 16.6. The van der Waals surface area contributed by atoms with Gasteiger partial charge in [0.25, 0.3) is 5.91 Å². The number of piperidine rings is 1. The first-order valence-electron chi connectivity index (χ1n) is 8.63. The molecule has 0 spiro atoms. The van der Waals surface area contributed by atoms with Crippen molar-refractivity contribution in [1.82, 2.24) is 24.0 Å². The number of aryl methyl sites for hydroxylation is 3. The molecular formula is C17H25N5O3S. The third-order valence-electron chi connectivity index (χ3n) is 5.12. The van der Waals surface area contributed by atoms with E-state index < -0.39 is 10.0 Å². The second-order valence-electron chi connectivity index (χ2n) is 7.02. The van der Waals surface area contributed by atoms with E-state index in [1.54, 1.807) is 16.6 Å². The minimum atomic E-state index is -3.22. The van der Waals surface area contributed by atoms with Crippen LogP contribution in [0, 0.1) is 13.8 Å². The van der Waals surface area contributed by atoms with E-state index in [2.05, 4.69) is 10.1 Å². The Kier molecular flexibility index (Phi) is 4.78. The fourth-order valence-electron chi connectivity index (χ4n) is 3.61. The van der Waals surface area contributed by atoms with E-state index in [9.17, 15) is 13.2 Å². The molecule has 0 bridgehead atoms. The number of pyridine rings is 1. The third kappa shape index (κ3) is 3.33. The summed E-state index contributed by atoms with van der Waals surface area (Å²) in [5.41, 5.74) is 2.88. The molecule has 3 rings (SSSR count). The maximum absolute atomic E-state index is 13.1. The van der Waals surface area contributed by atoms with Gasteiger partial charge in [-0.1, -0.05) is 0 Å². The molecule has 26 heavy (non-hydrogen) atoms. The van der Waals surface area contributed by atoms with Crippen molar-refractivity contribution in [3.63, 3.8) is 0 Å². The highest BCUT2D eigenvalue weighted by atomic mass is 32.2. The fraction of sp³-hybridized carbons (Fsp3) is 0.588. The maximum atomic E-state index is 13.1. The zero-order valence-electron chi connectivity index (χ0n) is 15.9. The van der Waals surface area contributed by atoms with Gasteiger partial charge in [0, 0.05) is 38.9 Å². The number of rotatable bonds is 3. The summed E-state index contributed by atoms with van der Waals surface area (Å²) in [5.74, 6) is -0.0444. The van der Waals surface area contributed by atoms with Gasteiger partial charge in [0.1, 0.15) is 0 Å². The summed E-state index contributed by atoms with van der Waals surface area (Å²) >= 11 is 0. The molecule has 0 unspecified atom stereocenters. The standard InChI is InChI=1S/C17H25N5O3S/c1-11-10-14(15-12(2)19-20(3)16(15)18-11)17(23)22-8-6-13(7-9-22)21(4)26(5,24)25/h10,13H,6-9H2,1-5H3. The second kappa shape index (κ2) is 6.62. The topological polar surface area (TPSA) is 88.4 Å². The van der Waals surface area contributed by atoms with Crippen LogP contribution in [0.25, 0.3) is 11.0 Å². The lowest BCUT2D eigenvalue weighted by atomic mass is 10.0. The molecular weight excluding hydrogens is 354 g/mol. The van der Waals surface area contributed by atoms with E-state index in [1.165, 1.54) is 10.6 Å². The summed E-state index contributed by atoms with van der Waals surface area (Å²) in [6.45, 7) is 4.81. The van der Waals surface area contributed by atoms with Crippen LogP contribution < -0.4 is 0 Å². The summed E-state index contributed by atoms with van der Waals surface area (Å²) in [6.07, 6.45) is 2.48. The predicted molar refractivity (Wildman–Crippen MR) is 99.5 cm³/mol. The average molecular weight is 379 g/mol. The summed E-state index contributed by atoms with van der Waals surface area (Å²) in [4.78, 5) is 19.4. The van der Waals surface area contributed by atoms with Gasteiger partial charge >= 0.3 is 0 Å². The van der Waals surface area contributed by atoms with Crippen molar-refractivity contribution in [2.24, 2.45) is 7.05 Å². The van der Waals surface area contributed by atoms with Crippen molar-refractivity contribution in [1.29, 1.82) is 0 Å². The van der Waals surface area contributed by atoms with Crippen molar-refractivity contribution in [3.8, 4) is 0 Å². The quantitative estimate of drug-likeness (QED) is 0.796. The number of likely N-dealkylation sites (tertiary alicyclic amines) is 1. The molecule has 142 valence electrons. The van der Waals surface area contributed by atoms with Crippen molar-refractivity contribution < 1.29 is 13.2 Å². The predicted octanol–water partition coefficient (Wildman–Crippen LogP) is 1.08. The Hall–Kier alpha value is -2.00. The largest absolute Gasteiger partial charge is 0.339 e. The van der Waals surface area contributed by atoms with Crippen LogP contribution in [-0.4, -0.2) is 70.7 Å². The number of hydrogen-bond donors (Lipinski definition) is 0. The van der Waals surface area contributed by atoms with E-state index in [4.69, 9.17) is 0 Å². The third-order valence-corrected chi connectivity index (χ3v) is 6.46. The lowest BCUT2D eigenvalue weighted by Gasteiger charge is -2.35. The van der Waals surface area contributed by atoms with Crippen LogP contribution in [0.1, 0.15) is 34.6 Å². The summed E-state index contributed by atoms with van der Waals surface area (Å²) in [5, 5.41) is 5.18. The summed E-state index contributed by atoms with van der Waals surface area (Å²) in [7, 11) is 0.206. The smallest absolute Gasteiger partial charge is 0.254 e. The molecule has 8 nitrogen and oxygen atoms in total. The first kappa shape index (κ1) is 18.8. The van der Waals surface area contributed by atoms with Gasteiger partial charge in [-0.05, 0) is 32.8 Å². The number of sulfonamides is 1. The zero-order chi connectivity index (χ0) is 19.2. The number of carbonyl (C=O) groups excluding carboxylic acids is 1. The van der Waals surface area contributed by atoms with Gasteiger partial charge in [-0.25, -0.2) is 17.7 Å². The van der Waals surface area contributed by atoms with Crippen molar-refractivity contribution in [2.45, 2.75) is 32.7 Å². The lowest BCUT2D eigenvalue weighted by molar-refractivity contribution is 0.0688. The van der Waals surface area contributed by atoms with Gasteiger partial charge in [0.15, 0.2) is 5.65 Å². The molecule has 2 aromatic rings. The van der Waals surface area contributed by atoms with Crippen molar-refractivity contribution in [2.75, 3.05) is 26.4 Å². The Morgan fingerprint density at radius 3 is 2.46 bits per heavy atom. The molecule has 9 heteroatoms. The van der Waals surface area contributed by atoms with Crippen LogP contribution >= 0.6 is 0 Å². The Balaban J connectivity index is 1.85. The van der Waals surface area contributed by atoms with E-state index in [0.29, 0.717) is 37.1 Å². The first-order chi connectivity index (χ1) is 12.1. The van der Waals surface area contributed by atoms with Crippen molar-refractivity contribution >= 4 is 27.0 Å². The Morgan fingerprint density at radius 2 is 1.88 bits per heavy atom. The fourth-order valence-corrected chi connectivity index (χ4v) is 4.36. The van der Waals surface area contributed by atoms with Gasteiger partial charge in [-0.3, -0.25) is 9.48 Å². The molecule has 1 fully saturated rings. The molecule has 1 amide bonds. The monoisotopic (exact) mass is 379 g/mol. The van der Waals surface area contributed by atoms with Crippen molar-refractivity contribution in [3.05, 3.63) is 23.0 Å². The van der Waals surface area contributed by atoms with Crippen LogP contribution in [0.3, 0.4) is 0 Å². The molecule has 1 aliphatic rings. The number of aromatic nitrogens is 3. The number of amides is 1. The second-order valence-corrected chi connectivity index (χ2v) is 9.06. The van der Waals surface area contributed by atoms with Gasteiger partial charge in [-0.15, -0.1) is 0 Å². The van der Waals surface area contributed by atoms with E-state index in [0.717, 1.165) is 16.8 Å². The van der Waals surface area contributed by atoms with Crippen LogP contribution in [0.2, 0.25) is 0 Å². The SMILES string of the molecule is Cc1cc(C(=O)N2CCC(N(C)S(C)(=O)=O)CC2)c2c(C)nn(C)c2n1. The number of hydrogen-bond acceptors (Lipinski definition) is 5. The summed E-state index contributed by atoms with van der Waals surface area (Å²) in [6, 6.07) is 1.75. The number of carbonyl (C=O) groups is 1. The highest BCUT2D eigenvalue weighted by Crippen LogP contribution is 2.25. The summed E-state index contributed by atoms with van der Waals surface area (Å²) < 4.78 is 26.5. The molecule has 0 saturated carbocycles. The van der Waals surface area contributed by atoms with E-state index >= 15 is 0 Å². The highest BCUT2D eigenvalue weighted by Gasteiger charge is 2.30. The minimum Gasteiger partial charge on any atom is -0.339 e. The first-order valence-corrected chi connectivity index (χ1v) is 10.5. The maximum Gasteiger partial charge on any atom is 0.254 e.